The Morgan fingerprint density at radius 3 is 2.46 bits per heavy atom. The van der Waals surface area contributed by atoms with Gasteiger partial charge < -0.3 is 24.6 Å². The van der Waals surface area contributed by atoms with E-state index < -0.39 is 38.6 Å². The zero-order chi connectivity index (χ0) is 35.6. The number of carbonyl (C=O) groups is 4. The third kappa shape index (κ3) is 7.70. The van der Waals surface area contributed by atoms with E-state index in [1.54, 1.807) is 31.2 Å². The molecule has 0 atom stereocenters. The number of carbonyl (C=O) groups excluding carboxylic acids is 4. The summed E-state index contributed by atoms with van der Waals surface area (Å²) in [4.78, 5) is 79.5. The Morgan fingerprint density at radius 1 is 1.04 bits per heavy atom. The lowest BCUT2D eigenvalue weighted by Crippen LogP contribution is -2.39. The Kier molecular flexibility index (Phi) is 9.46. The minimum Gasteiger partial charge on any atom is -0.424 e. The fraction of sp³-hybridized carbons (Fsp3) is 0.219. The molecule has 1 aliphatic carbocycles. The number of hydrogen-bond acceptors (Lipinski definition) is 12. The van der Waals surface area contributed by atoms with Crippen LogP contribution < -0.4 is 15.2 Å². The average molecular weight is 704 g/mol. The average Bonchev–Trinajstić information content (AvgIpc) is 3.64. The van der Waals surface area contributed by atoms with Gasteiger partial charge in [0, 0.05) is 23.5 Å². The van der Waals surface area contributed by atoms with Gasteiger partial charge in [0.2, 0.25) is 6.79 Å². The summed E-state index contributed by atoms with van der Waals surface area (Å²) in [5, 5.41) is 10.3. The number of aliphatic imine (C=N–C) groups is 1. The molecule has 4 N–H and O–H groups in total. The van der Waals surface area contributed by atoms with Gasteiger partial charge in [0.15, 0.2) is 5.82 Å². The number of rotatable bonds is 10. The summed E-state index contributed by atoms with van der Waals surface area (Å²) >= 11 is 0. The van der Waals surface area contributed by atoms with Gasteiger partial charge >= 0.3 is 19.9 Å². The first-order chi connectivity index (χ1) is 23.9. The number of nitrogens with one attached hydrogen (secondary N) is 2. The maximum absolute atomic E-state index is 13.8. The van der Waals surface area contributed by atoms with Crippen LogP contribution in [0.2, 0.25) is 0 Å². The number of imide groups is 1. The number of ether oxygens (including phenoxy) is 2. The summed E-state index contributed by atoms with van der Waals surface area (Å²) in [5.74, 6) is -1.19. The molecule has 3 heterocycles. The smallest absolute Gasteiger partial charge is 0.424 e. The first-order valence-electron chi connectivity index (χ1n) is 15.1. The third-order valence-electron chi connectivity index (χ3n) is 7.71. The molecule has 0 bridgehead atoms. The van der Waals surface area contributed by atoms with Gasteiger partial charge in [-0.15, -0.1) is 0 Å². The Hall–Kier alpha value is -5.90. The van der Waals surface area contributed by atoms with Crippen molar-refractivity contribution in [2.24, 2.45) is 4.99 Å². The molecule has 258 valence electrons. The monoisotopic (exact) mass is 703 g/mol. The van der Waals surface area contributed by atoms with Gasteiger partial charge in [-0.1, -0.05) is 12.1 Å². The van der Waals surface area contributed by atoms with Crippen molar-refractivity contribution in [1.82, 2.24) is 24.8 Å². The normalized spacial score (nSPS) is 13.8. The van der Waals surface area contributed by atoms with Crippen LogP contribution in [0.4, 0.5) is 16.3 Å². The first kappa shape index (κ1) is 34.0. The summed E-state index contributed by atoms with van der Waals surface area (Å²) in [7, 11) is -4.77. The Bertz CT molecular complexity index is 2120. The number of fused-ring (bicyclic) bond motifs is 1. The summed E-state index contributed by atoms with van der Waals surface area (Å²) in [6.07, 6.45) is 6.47. The van der Waals surface area contributed by atoms with Crippen molar-refractivity contribution in [2.75, 3.05) is 18.7 Å². The van der Waals surface area contributed by atoms with E-state index in [1.165, 1.54) is 29.2 Å². The second-order valence-electron chi connectivity index (χ2n) is 11.3. The molecule has 4 aromatic rings. The van der Waals surface area contributed by atoms with Crippen LogP contribution in [0, 0.1) is 13.8 Å². The lowest BCUT2D eigenvalue weighted by molar-refractivity contribution is -0.0110. The van der Waals surface area contributed by atoms with Crippen LogP contribution in [0.1, 0.15) is 55.0 Å². The lowest BCUT2D eigenvalue weighted by atomic mass is 10.1. The van der Waals surface area contributed by atoms with Crippen molar-refractivity contribution in [1.29, 1.82) is 0 Å². The van der Waals surface area contributed by atoms with E-state index in [-0.39, 0.29) is 22.8 Å². The Balaban J connectivity index is 1.15. The van der Waals surface area contributed by atoms with Crippen molar-refractivity contribution in [3.63, 3.8) is 0 Å². The molecule has 2 aromatic carbocycles. The molecule has 6 rings (SSSR count). The zero-order valence-electron chi connectivity index (χ0n) is 26.6. The number of anilines is 2. The van der Waals surface area contributed by atoms with Gasteiger partial charge in [0.05, 0.1) is 17.7 Å². The molecule has 18 heteroatoms. The SMILES string of the molecule is Cc1ccc(C(=O)NC2=NCC=C2)cc1Nc1ncnn2cc(C(=O)N(C(=O)OCOC(=O)c3ccc(OP(=O)(O)O)cc3)C3CC3)c(C)c12. The van der Waals surface area contributed by atoms with Crippen LogP contribution in [0.3, 0.4) is 0 Å². The largest absolute Gasteiger partial charge is 0.524 e. The zero-order valence-corrected chi connectivity index (χ0v) is 27.5. The quantitative estimate of drug-likeness (QED) is 0.105. The number of aromatic nitrogens is 3. The van der Waals surface area contributed by atoms with E-state index >= 15 is 0 Å². The molecule has 1 fully saturated rings. The van der Waals surface area contributed by atoms with Gasteiger partial charge in [0.1, 0.15) is 23.4 Å². The predicted octanol–water partition coefficient (Wildman–Crippen LogP) is 3.82. The first-order valence-corrected chi connectivity index (χ1v) is 16.7. The third-order valence-corrected chi connectivity index (χ3v) is 8.16. The summed E-state index contributed by atoms with van der Waals surface area (Å²) < 4.78 is 27.0. The maximum atomic E-state index is 13.8. The predicted molar refractivity (Wildman–Crippen MR) is 176 cm³/mol. The van der Waals surface area contributed by atoms with E-state index in [9.17, 15) is 23.7 Å². The van der Waals surface area contributed by atoms with Crippen molar-refractivity contribution in [2.45, 2.75) is 32.7 Å². The van der Waals surface area contributed by atoms with Crippen molar-refractivity contribution in [3.05, 3.63) is 95.0 Å². The number of phosphoric ester groups is 1. The number of amidine groups is 1. The molecular weight excluding hydrogens is 673 g/mol. The molecule has 0 unspecified atom stereocenters. The number of benzene rings is 2. The van der Waals surface area contributed by atoms with Crippen LogP contribution in [-0.4, -0.2) is 78.4 Å². The van der Waals surface area contributed by atoms with E-state index in [1.807, 2.05) is 13.0 Å². The molecule has 0 saturated heterocycles. The van der Waals surface area contributed by atoms with Crippen LogP contribution in [0.15, 0.2) is 72.1 Å². The highest BCUT2D eigenvalue weighted by atomic mass is 31.2. The topological polar surface area (TPSA) is 223 Å². The molecular formula is C32H30N7O10P. The van der Waals surface area contributed by atoms with Gasteiger partial charge in [-0.05, 0) is 80.3 Å². The standard InChI is InChI=1S/C32H30N7O10P/c1-18-5-6-21(29(40)37-26-4-3-13-33-26)14-25(18)36-28-27-19(2)24(15-38(27)35-16-34-28)30(41)39(22-9-10-22)32(43)48-17-47-31(42)20-7-11-23(12-8-20)49-50(44,45)46/h3-8,11-12,14-16,22H,9-10,13,17H2,1-2H3,(H,33,37,40)(H,34,35,36)(H2,44,45,46). The van der Waals surface area contributed by atoms with Gasteiger partial charge in [0.25, 0.3) is 11.8 Å². The summed E-state index contributed by atoms with van der Waals surface area (Å²) in [5.41, 5.74) is 2.92. The van der Waals surface area contributed by atoms with Crippen LogP contribution in [-0.2, 0) is 14.0 Å². The fourth-order valence-electron chi connectivity index (χ4n) is 5.07. The highest BCUT2D eigenvalue weighted by Crippen LogP contribution is 2.37. The number of esters is 1. The lowest BCUT2D eigenvalue weighted by Gasteiger charge is -2.19. The van der Waals surface area contributed by atoms with Crippen LogP contribution in [0.25, 0.3) is 5.52 Å². The van der Waals surface area contributed by atoms with Crippen molar-refractivity contribution < 1.29 is 47.5 Å². The van der Waals surface area contributed by atoms with Crippen molar-refractivity contribution in [3.8, 4) is 5.75 Å². The highest BCUT2D eigenvalue weighted by Gasteiger charge is 2.40. The molecule has 0 radical (unpaired) electrons. The minimum absolute atomic E-state index is 0.00229. The highest BCUT2D eigenvalue weighted by molar-refractivity contribution is 7.46. The summed E-state index contributed by atoms with van der Waals surface area (Å²) in [6, 6.07) is 9.49. The number of phosphoric acid groups is 1. The van der Waals surface area contributed by atoms with Gasteiger partial charge in [-0.2, -0.15) is 5.10 Å². The molecule has 0 spiro atoms. The molecule has 1 aliphatic heterocycles. The Labute approximate surface area is 283 Å². The minimum atomic E-state index is -4.77. The molecule has 50 heavy (non-hydrogen) atoms. The molecule has 17 nitrogen and oxygen atoms in total. The summed E-state index contributed by atoms with van der Waals surface area (Å²) in [6.45, 7) is 3.27. The Morgan fingerprint density at radius 2 is 1.78 bits per heavy atom. The molecule has 1 saturated carbocycles. The molecule has 3 amide bonds. The van der Waals surface area contributed by atoms with Gasteiger partial charge in [-0.3, -0.25) is 24.4 Å². The molecule has 2 aliphatic rings. The van der Waals surface area contributed by atoms with Crippen LogP contribution in [0.5, 0.6) is 5.75 Å². The van der Waals surface area contributed by atoms with Crippen molar-refractivity contribution >= 4 is 54.6 Å². The van der Waals surface area contributed by atoms with E-state index in [0.717, 1.165) is 22.6 Å². The number of aryl methyl sites for hydroxylation is 2. The van der Waals surface area contributed by atoms with Gasteiger partial charge in [-0.25, -0.2) is 28.6 Å². The maximum Gasteiger partial charge on any atom is 0.524 e. The van der Waals surface area contributed by atoms with E-state index in [0.29, 0.717) is 53.4 Å². The fourth-order valence-corrected chi connectivity index (χ4v) is 5.46. The molecule has 2 aromatic heterocycles. The van der Waals surface area contributed by atoms with E-state index in [2.05, 4.69) is 30.2 Å². The number of nitrogens with zero attached hydrogens (tertiary/aromatic N) is 5. The number of hydrogen-bond donors (Lipinski definition) is 4. The second kappa shape index (κ2) is 13.9. The van der Waals surface area contributed by atoms with E-state index in [4.69, 9.17) is 19.3 Å². The van der Waals surface area contributed by atoms with Crippen LogP contribution >= 0.6 is 7.82 Å². The number of amides is 3. The second-order valence-corrected chi connectivity index (χ2v) is 12.4.